The molecule has 75 heavy (non-hydrogen) atoms. The van der Waals surface area contributed by atoms with Crippen molar-refractivity contribution in [3.8, 4) is 0 Å². The Kier molecular flexibility index (Phi) is 22.6. The second-order valence-electron chi connectivity index (χ2n) is 19.2. The SMILES string of the molecule is CC(C)C[C@H](NC(=O)[C@H](Cc1ccccc1)NC(=O)[C@H](CCCN=C(N)N)NC(=O)[C@@H]1CCCN1C(=O)[C@@H](N)CS)C(=O)N1CCC[C@H]1C(=O)N[C@@H](Cc1c[nH]c2ccccc12)C(=O)N[C@@H](CS)C(=O)NCC(N)=O. The first-order chi connectivity index (χ1) is 35.8. The third-order valence-electron chi connectivity index (χ3n) is 13.0. The number of aromatic nitrogens is 1. The quantitative estimate of drug-likeness (QED) is 0.0175. The number of thiol groups is 2. The Bertz CT molecular complexity index is 2530. The highest BCUT2D eigenvalue weighted by Crippen LogP contribution is 2.24. The molecule has 3 aromatic rings. The second kappa shape index (κ2) is 28.7. The summed E-state index contributed by atoms with van der Waals surface area (Å²) < 4.78 is 0. The molecule has 0 radical (unpaired) electrons. The van der Waals surface area contributed by atoms with Crippen LogP contribution in [0, 0.1) is 5.92 Å². The van der Waals surface area contributed by atoms with Crippen LogP contribution in [-0.2, 0) is 56.0 Å². The topological polar surface area (TPSA) is 365 Å². The molecule has 3 heterocycles. The molecular formula is C50H72N14O9S2. The molecule has 408 valence electrons. The molecule has 1 aromatic heterocycles. The maximum absolute atomic E-state index is 14.8. The lowest BCUT2D eigenvalue weighted by Gasteiger charge is -2.32. The van der Waals surface area contributed by atoms with Crippen molar-refractivity contribution in [3.05, 3.63) is 71.9 Å². The van der Waals surface area contributed by atoms with Gasteiger partial charge in [-0.2, -0.15) is 25.3 Å². The minimum atomic E-state index is -1.28. The average molecular weight is 1080 g/mol. The number of nitrogens with one attached hydrogen (secondary N) is 7. The van der Waals surface area contributed by atoms with Crippen molar-refractivity contribution < 1.29 is 43.2 Å². The van der Waals surface area contributed by atoms with Crippen LogP contribution in [0.5, 0.6) is 0 Å². The predicted molar refractivity (Wildman–Crippen MR) is 289 cm³/mol. The molecule has 2 aliphatic rings. The molecule has 2 saturated heterocycles. The van der Waals surface area contributed by atoms with Crippen molar-refractivity contribution in [2.75, 3.05) is 37.7 Å². The highest BCUT2D eigenvalue weighted by Gasteiger charge is 2.41. The molecule has 2 aromatic carbocycles. The standard InChI is InChI=1S/C50H72N14O9S2/c1-28(2)21-37(49(73)64-20-10-17-40(64)47(71)60-36(23-30-24-56-33-14-7-6-13-31(30)33)45(69)62-38(27-75)42(66)57-25-41(52)65)61-44(68)35(22-29-11-4-3-5-12-29)59-43(67)34(15-8-18-55-50(53)54)58-46(70)39-16-9-19-63(39)48(72)32(51)26-74/h3-7,11-14,24,28,32,34-40,56,74-75H,8-10,15-23,25-27,51H2,1-2H3,(H2,52,65)(H,57,66)(H,58,70)(H,59,67)(H,60,71)(H,61,68)(H,62,69)(H4,53,54,55)/t32-,34-,35-,36-,37-,38-,39-,40-/m0/s1. The fourth-order valence-corrected chi connectivity index (χ4v) is 9.61. The number of guanidine groups is 1. The Morgan fingerprint density at radius 3 is 1.84 bits per heavy atom. The lowest BCUT2D eigenvalue weighted by atomic mass is 9.99. The molecule has 0 aliphatic carbocycles. The number of nitrogens with two attached hydrogens (primary N) is 4. The van der Waals surface area contributed by atoms with E-state index in [2.05, 4.69) is 67.1 Å². The van der Waals surface area contributed by atoms with Crippen LogP contribution in [0.4, 0.5) is 0 Å². The molecule has 25 heteroatoms. The highest BCUT2D eigenvalue weighted by molar-refractivity contribution is 7.80. The van der Waals surface area contributed by atoms with Crippen molar-refractivity contribution >= 4 is 95.3 Å². The smallest absolute Gasteiger partial charge is 0.245 e. The average Bonchev–Trinajstić information content (AvgIpc) is 4.18. The molecule has 5 rings (SSSR count). The fraction of sp³-hybridized carbons (Fsp3) is 0.520. The van der Waals surface area contributed by atoms with Crippen molar-refractivity contribution in [2.45, 2.75) is 120 Å². The lowest BCUT2D eigenvalue weighted by molar-refractivity contribution is -0.143. The third kappa shape index (κ3) is 17.1. The van der Waals surface area contributed by atoms with Gasteiger partial charge in [0.25, 0.3) is 0 Å². The Morgan fingerprint density at radius 1 is 0.680 bits per heavy atom. The Hall–Kier alpha value is -6.86. The van der Waals surface area contributed by atoms with Crippen LogP contribution in [-0.4, -0.2) is 160 Å². The number of rotatable bonds is 27. The molecule has 9 amide bonds. The zero-order valence-corrected chi connectivity index (χ0v) is 44.1. The minimum absolute atomic E-state index is 0.0162. The van der Waals surface area contributed by atoms with Gasteiger partial charge in [-0.05, 0) is 68.1 Å². The van der Waals surface area contributed by atoms with Crippen LogP contribution < -0.4 is 54.8 Å². The van der Waals surface area contributed by atoms with E-state index in [0.29, 0.717) is 36.9 Å². The number of likely N-dealkylation sites (tertiary alicyclic amines) is 2. The molecule has 23 nitrogen and oxygen atoms in total. The van der Waals surface area contributed by atoms with Gasteiger partial charge in [-0.1, -0.05) is 62.4 Å². The number of hydrogen-bond acceptors (Lipinski definition) is 13. The summed E-state index contributed by atoms with van der Waals surface area (Å²) >= 11 is 8.37. The summed E-state index contributed by atoms with van der Waals surface area (Å²) in [6, 6.07) is 7.24. The number of H-pyrrole nitrogens is 1. The van der Waals surface area contributed by atoms with Gasteiger partial charge in [0.05, 0.1) is 12.6 Å². The molecule has 8 atom stereocenters. The predicted octanol–water partition coefficient (Wildman–Crippen LogP) is -1.75. The lowest BCUT2D eigenvalue weighted by Crippen LogP contribution is -2.60. The first kappa shape index (κ1) is 59.0. The maximum Gasteiger partial charge on any atom is 0.245 e. The first-order valence-corrected chi connectivity index (χ1v) is 26.4. The van der Waals surface area contributed by atoms with Crippen molar-refractivity contribution in [2.24, 2.45) is 33.8 Å². The van der Waals surface area contributed by atoms with E-state index in [9.17, 15) is 43.2 Å². The monoisotopic (exact) mass is 1080 g/mol. The minimum Gasteiger partial charge on any atom is -0.370 e. The molecule has 0 bridgehead atoms. The Morgan fingerprint density at radius 2 is 1.24 bits per heavy atom. The van der Waals surface area contributed by atoms with Crippen molar-refractivity contribution in [1.82, 2.24) is 46.7 Å². The summed E-state index contributed by atoms with van der Waals surface area (Å²) in [7, 11) is 0. The van der Waals surface area contributed by atoms with E-state index in [4.69, 9.17) is 22.9 Å². The van der Waals surface area contributed by atoms with E-state index in [1.54, 1.807) is 36.5 Å². The third-order valence-corrected chi connectivity index (χ3v) is 13.7. The summed E-state index contributed by atoms with van der Waals surface area (Å²) in [5.41, 5.74) is 24.4. The van der Waals surface area contributed by atoms with Crippen LogP contribution in [0.3, 0.4) is 0 Å². The van der Waals surface area contributed by atoms with Gasteiger partial charge in [-0.15, -0.1) is 0 Å². The largest absolute Gasteiger partial charge is 0.370 e. The molecular weight excluding hydrogens is 1000 g/mol. The number of amides is 9. The van der Waals surface area contributed by atoms with Crippen molar-refractivity contribution in [1.29, 1.82) is 0 Å². The van der Waals surface area contributed by atoms with Crippen molar-refractivity contribution in [3.63, 3.8) is 0 Å². The molecule has 2 aliphatic heterocycles. The van der Waals surface area contributed by atoms with Gasteiger partial charge in [0.15, 0.2) is 5.96 Å². The van der Waals surface area contributed by atoms with Crippen LogP contribution in [0.2, 0.25) is 0 Å². The Balaban J connectivity index is 1.37. The summed E-state index contributed by atoms with van der Waals surface area (Å²) in [6.07, 6.45) is 3.64. The van der Waals surface area contributed by atoms with E-state index in [0.717, 1.165) is 10.9 Å². The number of fused-ring (bicyclic) bond motifs is 1. The number of carbonyl (C=O) groups is 9. The summed E-state index contributed by atoms with van der Waals surface area (Å²) in [5.74, 6) is -6.27. The molecule has 2 fully saturated rings. The number of aromatic amines is 1. The van der Waals surface area contributed by atoms with Gasteiger partial charge < -0.3 is 69.6 Å². The number of nitrogens with zero attached hydrogens (tertiary/aromatic N) is 3. The van der Waals surface area contributed by atoms with Crippen LogP contribution in [0.15, 0.2) is 65.8 Å². The normalized spacial score (nSPS) is 17.7. The van der Waals surface area contributed by atoms with E-state index in [1.807, 2.05) is 38.1 Å². The highest BCUT2D eigenvalue weighted by atomic mass is 32.1. The van der Waals surface area contributed by atoms with E-state index in [-0.39, 0.29) is 75.0 Å². The van der Waals surface area contributed by atoms with Gasteiger partial charge in [-0.3, -0.25) is 48.1 Å². The maximum atomic E-state index is 14.8. The van der Waals surface area contributed by atoms with E-state index >= 15 is 0 Å². The summed E-state index contributed by atoms with van der Waals surface area (Å²) in [4.78, 5) is 133. The number of carbonyl (C=O) groups excluding carboxylic acids is 9. The van der Waals surface area contributed by atoms with Gasteiger partial charge in [0.2, 0.25) is 53.2 Å². The number of benzene rings is 2. The molecule has 0 unspecified atom stereocenters. The molecule has 0 spiro atoms. The fourth-order valence-electron chi connectivity index (χ4n) is 9.20. The van der Waals surface area contributed by atoms with Gasteiger partial charge >= 0.3 is 0 Å². The van der Waals surface area contributed by atoms with E-state index < -0.39 is 108 Å². The zero-order chi connectivity index (χ0) is 54.8. The van der Waals surface area contributed by atoms with Crippen LogP contribution in [0.25, 0.3) is 10.9 Å². The summed E-state index contributed by atoms with van der Waals surface area (Å²) in [6.45, 7) is 3.83. The van der Waals surface area contributed by atoms with Crippen LogP contribution in [0.1, 0.15) is 69.9 Å². The Labute approximate surface area is 446 Å². The number of aliphatic imine (C=N–C) groups is 1. The molecule has 0 saturated carbocycles. The number of para-hydroxylation sites is 1. The van der Waals surface area contributed by atoms with Gasteiger partial charge in [-0.25, -0.2) is 0 Å². The first-order valence-electron chi connectivity index (χ1n) is 25.1. The van der Waals surface area contributed by atoms with Gasteiger partial charge in [0, 0.05) is 61.1 Å². The van der Waals surface area contributed by atoms with E-state index in [1.165, 1.54) is 9.80 Å². The zero-order valence-electron chi connectivity index (χ0n) is 42.3. The molecule has 15 N–H and O–H groups in total. The number of primary amides is 1. The summed E-state index contributed by atoms with van der Waals surface area (Å²) in [5, 5.41) is 17.1. The second-order valence-corrected chi connectivity index (χ2v) is 19.9. The van der Waals surface area contributed by atoms with Gasteiger partial charge in [0.1, 0.15) is 42.3 Å². The number of hydrogen-bond donors (Lipinski definition) is 13. The van der Waals surface area contributed by atoms with Crippen LogP contribution >= 0.6 is 25.3 Å².